The van der Waals surface area contributed by atoms with E-state index in [1.54, 1.807) is 13.0 Å². The Hall–Kier alpha value is -1.53. The van der Waals surface area contributed by atoms with Crippen molar-refractivity contribution in [2.24, 2.45) is 5.73 Å². The predicted molar refractivity (Wildman–Crippen MR) is 85.8 cm³/mol. The Balaban J connectivity index is 2.18. The van der Waals surface area contributed by atoms with E-state index >= 15 is 0 Å². The molecule has 0 saturated carbocycles. The maximum atomic E-state index is 13.5. The Labute approximate surface area is 136 Å². The maximum Gasteiger partial charge on any atom is 0.240 e. The molecular weight excluding hydrogens is 300 g/mol. The molecular formula is C17H25F2N3O. The van der Waals surface area contributed by atoms with Gasteiger partial charge in [-0.1, -0.05) is 19.4 Å². The van der Waals surface area contributed by atoms with E-state index in [1.807, 2.05) is 18.9 Å². The Kier molecular flexibility index (Phi) is 5.37. The van der Waals surface area contributed by atoms with Gasteiger partial charge in [0.25, 0.3) is 0 Å². The van der Waals surface area contributed by atoms with Gasteiger partial charge < -0.3 is 11.1 Å². The van der Waals surface area contributed by atoms with Gasteiger partial charge in [0, 0.05) is 12.6 Å². The fraction of sp³-hybridized carbons (Fsp3) is 0.588. The first-order valence-corrected chi connectivity index (χ1v) is 8.01. The topological polar surface area (TPSA) is 58.4 Å². The summed E-state index contributed by atoms with van der Waals surface area (Å²) in [4.78, 5) is 14.5. The van der Waals surface area contributed by atoms with E-state index in [4.69, 9.17) is 5.73 Å². The van der Waals surface area contributed by atoms with Crippen LogP contribution in [0.25, 0.3) is 0 Å². The molecule has 1 saturated heterocycles. The molecule has 0 aliphatic carbocycles. The van der Waals surface area contributed by atoms with Crippen molar-refractivity contribution >= 4 is 5.91 Å². The summed E-state index contributed by atoms with van der Waals surface area (Å²) in [6, 6.07) is 3.54. The van der Waals surface area contributed by atoms with Crippen molar-refractivity contribution < 1.29 is 13.6 Å². The van der Waals surface area contributed by atoms with Crippen molar-refractivity contribution in [1.29, 1.82) is 0 Å². The van der Waals surface area contributed by atoms with Gasteiger partial charge in [0.15, 0.2) is 11.6 Å². The second-order valence-electron chi connectivity index (χ2n) is 6.64. The number of nitrogens with zero attached hydrogens (tertiary/aromatic N) is 1. The van der Waals surface area contributed by atoms with Crippen LogP contribution in [0, 0.1) is 11.6 Å². The van der Waals surface area contributed by atoms with Gasteiger partial charge in [-0.25, -0.2) is 8.78 Å². The molecule has 6 heteroatoms. The molecule has 1 aromatic rings. The number of nitrogens with two attached hydrogens (primary N) is 1. The summed E-state index contributed by atoms with van der Waals surface area (Å²) in [5.41, 5.74) is 5.81. The van der Waals surface area contributed by atoms with Crippen LogP contribution in [0.5, 0.6) is 0 Å². The first kappa shape index (κ1) is 17.8. The van der Waals surface area contributed by atoms with Crippen molar-refractivity contribution in [3.8, 4) is 0 Å². The molecule has 1 aromatic carbocycles. The summed E-state index contributed by atoms with van der Waals surface area (Å²) in [5, 5.41) is 3.00. The normalized spacial score (nSPS) is 24.4. The van der Waals surface area contributed by atoms with Crippen LogP contribution in [0.4, 0.5) is 8.78 Å². The summed E-state index contributed by atoms with van der Waals surface area (Å²) < 4.78 is 26.7. The number of likely N-dealkylation sites (tertiary alicyclic amines) is 1. The van der Waals surface area contributed by atoms with Crippen LogP contribution in [-0.4, -0.2) is 36.0 Å². The zero-order valence-corrected chi connectivity index (χ0v) is 13.9. The number of hydrogen-bond donors (Lipinski definition) is 2. The zero-order chi connectivity index (χ0) is 17.2. The lowest BCUT2D eigenvalue weighted by Crippen LogP contribution is -2.54. The molecule has 1 fully saturated rings. The fourth-order valence-corrected chi connectivity index (χ4v) is 3.25. The lowest BCUT2D eigenvalue weighted by molar-refractivity contribution is -0.127. The third-order valence-electron chi connectivity index (χ3n) is 4.54. The smallest absolute Gasteiger partial charge is 0.240 e. The van der Waals surface area contributed by atoms with Crippen LogP contribution in [0.3, 0.4) is 0 Å². The van der Waals surface area contributed by atoms with E-state index in [1.165, 1.54) is 6.07 Å². The van der Waals surface area contributed by atoms with Crippen LogP contribution in [-0.2, 0) is 4.79 Å². The Morgan fingerprint density at radius 3 is 2.74 bits per heavy atom. The largest absolute Gasteiger partial charge is 0.350 e. The van der Waals surface area contributed by atoms with Crippen LogP contribution >= 0.6 is 0 Å². The monoisotopic (exact) mass is 325 g/mol. The second-order valence-corrected chi connectivity index (χ2v) is 6.64. The van der Waals surface area contributed by atoms with Crippen molar-refractivity contribution in [1.82, 2.24) is 10.2 Å². The average molecular weight is 325 g/mol. The first-order chi connectivity index (χ1) is 10.8. The molecule has 1 aliphatic rings. The Morgan fingerprint density at radius 2 is 2.13 bits per heavy atom. The van der Waals surface area contributed by atoms with Gasteiger partial charge in [0.2, 0.25) is 5.91 Å². The summed E-state index contributed by atoms with van der Waals surface area (Å²) in [6.45, 7) is 4.46. The van der Waals surface area contributed by atoms with E-state index in [2.05, 4.69) is 5.32 Å². The minimum Gasteiger partial charge on any atom is -0.350 e. The van der Waals surface area contributed by atoms with Crippen molar-refractivity contribution in [2.75, 3.05) is 13.6 Å². The predicted octanol–water partition coefficient (Wildman–Crippen LogP) is 2.34. The Bertz CT molecular complexity index is 577. The third kappa shape index (κ3) is 3.87. The van der Waals surface area contributed by atoms with E-state index in [0.717, 1.165) is 25.5 Å². The minimum absolute atomic E-state index is 0.169. The maximum absolute atomic E-state index is 13.5. The molecule has 0 radical (unpaired) electrons. The van der Waals surface area contributed by atoms with E-state index < -0.39 is 17.2 Å². The fourth-order valence-electron chi connectivity index (χ4n) is 3.25. The summed E-state index contributed by atoms with van der Waals surface area (Å²) >= 11 is 0. The number of rotatable bonds is 5. The molecule has 3 atom stereocenters. The van der Waals surface area contributed by atoms with Gasteiger partial charge in [0.05, 0.1) is 11.6 Å². The van der Waals surface area contributed by atoms with Crippen molar-refractivity contribution in [2.45, 2.75) is 50.7 Å². The number of nitrogens with one attached hydrogen (secondary N) is 1. The van der Waals surface area contributed by atoms with E-state index in [-0.39, 0.29) is 18.0 Å². The molecule has 3 N–H and O–H groups in total. The zero-order valence-electron chi connectivity index (χ0n) is 13.9. The number of carbonyl (C=O) groups is 1. The number of likely N-dealkylation sites (N-methyl/N-ethyl adjacent to an activating group) is 1. The number of amides is 1. The summed E-state index contributed by atoms with van der Waals surface area (Å²) in [5.74, 6) is -1.94. The summed E-state index contributed by atoms with van der Waals surface area (Å²) in [6.07, 6.45) is 2.16. The van der Waals surface area contributed by atoms with Crippen molar-refractivity contribution in [3.05, 3.63) is 35.4 Å². The summed E-state index contributed by atoms with van der Waals surface area (Å²) in [7, 11) is 1.91. The molecule has 0 spiro atoms. The highest BCUT2D eigenvalue weighted by Crippen LogP contribution is 2.32. The average Bonchev–Trinajstić information content (AvgIpc) is 2.83. The van der Waals surface area contributed by atoms with E-state index in [0.29, 0.717) is 12.0 Å². The first-order valence-electron chi connectivity index (χ1n) is 8.01. The molecule has 1 heterocycles. The number of halogens is 2. The molecule has 23 heavy (non-hydrogen) atoms. The quantitative estimate of drug-likeness (QED) is 0.874. The number of carbonyl (C=O) groups excluding carboxylic acids is 1. The molecule has 1 aliphatic heterocycles. The third-order valence-corrected chi connectivity index (χ3v) is 4.54. The molecule has 0 bridgehead atoms. The Morgan fingerprint density at radius 1 is 1.43 bits per heavy atom. The van der Waals surface area contributed by atoms with Crippen molar-refractivity contribution in [3.63, 3.8) is 0 Å². The molecule has 0 aromatic heterocycles. The van der Waals surface area contributed by atoms with Gasteiger partial charge >= 0.3 is 0 Å². The lowest BCUT2D eigenvalue weighted by Gasteiger charge is -2.30. The van der Waals surface area contributed by atoms with Gasteiger partial charge in [-0.15, -0.1) is 0 Å². The number of benzene rings is 1. The number of hydrogen-bond acceptors (Lipinski definition) is 3. The molecule has 128 valence electrons. The molecule has 3 unspecified atom stereocenters. The highest BCUT2D eigenvalue weighted by Gasteiger charge is 2.37. The second kappa shape index (κ2) is 6.93. The molecule has 2 rings (SSSR count). The van der Waals surface area contributed by atoms with Crippen LogP contribution < -0.4 is 11.1 Å². The van der Waals surface area contributed by atoms with Crippen LogP contribution in [0.2, 0.25) is 0 Å². The highest BCUT2D eigenvalue weighted by atomic mass is 19.2. The van der Waals surface area contributed by atoms with Gasteiger partial charge in [0.1, 0.15) is 0 Å². The molecule has 1 amide bonds. The lowest BCUT2D eigenvalue weighted by atomic mass is 9.94. The van der Waals surface area contributed by atoms with Crippen LogP contribution in [0.1, 0.15) is 44.7 Å². The SMILES string of the molecule is CCCC(C)(N)C(=O)NC1CCN(C)C1c1ccc(F)c(F)c1. The van der Waals surface area contributed by atoms with Gasteiger partial charge in [-0.2, -0.15) is 0 Å². The minimum atomic E-state index is -0.922. The van der Waals surface area contributed by atoms with Gasteiger partial charge in [-0.3, -0.25) is 9.69 Å². The van der Waals surface area contributed by atoms with Gasteiger partial charge in [-0.05, 0) is 44.5 Å². The standard InChI is InChI=1S/C17H25F2N3O/c1-4-8-17(2,20)16(23)21-14-7-9-22(3)15(14)11-5-6-12(18)13(19)10-11/h5-6,10,14-15H,4,7-9,20H2,1-3H3,(H,21,23). The molecule has 4 nitrogen and oxygen atoms in total. The highest BCUT2D eigenvalue weighted by molar-refractivity contribution is 5.85. The van der Waals surface area contributed by atoms with E-state index in [9.17, 15) is 13.6 Å². The van der Waals surface area contributed by atoms with Crippen LogP contribution in [0.15, 0.2) is 18.2 Å².